The first-order chi connectivity index (χ1) is 17.5. The Hall–Kier alpha value is -2.96. The van der Waals surface area contributed by atoms with Crippen molar-refractivity contribution in [1.82, 2.24) is 4.31 Å². The lowest BCUT2D eigenvalue weighted by atomic mass is 10.1. The first kappa shape index (κ1) is 27.1. The smallest absolute Gasteiger partial charge is 0.261 e. The molecule has 0 spiro atoms. The van der Waals surface area contributed by atoms with Gasteiger partial charge in [0.25, 0.3) is 15.9 Å². The first-order valence-electron chi connectivity index (χ1n) is 11.4. The molecule has 1 fully saturated rings. The molecule has 0 bridgehead atoms. The van der Waals surface area contributed by atoms with Gasteiger partial charge in [-0.25, -0.2) is 16.8 Å². The monoisotopic (exact) mass is 563 g/mol. The van der Waals surface area contributed by atoms with Crippen molar-refractivity contribution in [2.24, 2.45) is 0 Å². The number of halogens is 1. The zero-order valence-electron chi connectivity index (χ0n) is 20.2. The number of morpholine rings is 1. The van der Waals surface area contributed by atoms with Crippen LogP contribution in [0.15, 0.2) is 70.5 Å². The molecule has 1 aliphatic heterocycles. The molecule has 4 rings (SSSR count). The van der Waals surface area contributed by atoms with Crippen molar-refractivity contribution < 1.29 is 26.4 Å². The van der Waals surface area contributed by atoms with Crippen LogP contribution < -0.4 is 10.0 Å². The predicted octanol–water partition coefficient (Wildman–Crippen LogP) is 4.03. The van der Waals surface area contributed by atoms with Crippen LogP contribution in [0, 0.1) is 13.8 Å². The van der Waals surface area contributed by atoms with E-state index in [-0.39, 0.29) is 46.7 Å². The van der Waals surface area contributed by atoms with Gasteiger partial charge in [0.05, 0.1) is 28.8 Å². The normalized spacial score (nSPS) is 14.8. The van der Waals surface area contributed by atoms with Crippen LogP contribution in [0.1, 0.15) is 21.5 Å². The van der Waals surface area contributed by atoms with Gasteiger partial charge in [0.15, 0.2) is 0 Å². The average Bonchev–Trinajstić information content (AvgIpc) is 2.87. The van der Waals surface area contributed by atoms with Gasteiger partial charge >= 0.3 is 0 Å². The van der Waals surface area contributed by atoms with E-state index in [4.69, 9.17) is 16.3 Å². The summed E-state index contributed by atoms with van der Waals surface area (Å²) in [6.45, 7) is 4.59. The molecule has 2 N–H and O–H groups in total. The van der Waals surface area contributed by atoms with Crippen LogP contribution in [-0.2, 0) is 24.8 Å². The molecule has 1 heterocycles. The van der Waals surface area contributed by atoms with Crippen molar-refractivity contribution in [3.8, 4) is 0 Å². The highest BCUT2D eigenvalue weighted by Crippen LogP contribution is 2.28. The number of rotatable bonds is 7. The fourth-order valence-electron chi connectivity index (χ4n) is 3.86. The highest BCUT2D eigenvalue weighted by atomic mass is 35.5. The Bertz CT molecular complexity index is 1510. The molecule has 0 aromatic heterocycles. The van der Waals surface area contributed by atoms with Crippen LogP contribution in [0.4, 0.5) is 11.4 Å². The Labute approximate surface area is 221 Å². The summed E-state index contributed by atoms with van der Waals surface area (Å²) >= 11 is 6.17. The molecular formula is C25H26ClN3O6S2. The number of hydrogen-bond donors (Lipinski definition) is 2. The fraction of sp³-hybridized carbons (Fsp3) is 0.240. The Kier molecular flexibility index (Phi) is 7.91. The standard InChI is InChI=1S/C25H26ClN3O6S2/c1-17-4-3-5-18(2)24(17)28-36(31,32)21-9-7-20(8-10-21)27-25(30)19-6-11-22(26)23(16-19)37(33,34)29-12-14-35-15-13-29/h3-11,16,28H,12-15H2,1-2H3,(H,27,30). The molecule has 196 valence electrons. The summed E-state index contributed by atoms with van der Waals surface area (Å²) in [5.41, 5.74) is 2.54. The molecule has 0 unspecified atom stereocenters. The predicted molar refractivity (Wildman–Crippen MR) is 142 cm³/mol. The van der Waals surface area contributed by atoms with Crippen LogP contribution in [0.3, 0.4) is 0 Å². The third-order valence-corrected chi connectivity index (χ3v) is 9.67. The maximum absolute atomic E-state index is 13.0. The second kappa shape index (κ2) is 10.8. The second-order valence-corrected chi connectivity index (χ2v) is 12.5. The van der Waals surface area contributed by atoms with Crippen LogP contribution >= 0.6 is 11.6 Å². The van der Waals surface area contributed by atoms with Crippen molar-refractivity contribution in [3.05, 3.63) is 82.4 Å². The Morgan fingerprint density at radius 3 is 2.16 bits per heavy atom. The van der Waals surface area contributed by atoms with Crippen LogP contribution in [0.2, 0.25) is 5.02 Å². The number of carbonyl (C=O) groups is 1. The van der Waals surface area contributed by atoms with Gasteiger partial charge in [-0.15, -0.1) is 0 Å². The molecule has 3 aromatic carbocycles. The summed E-state index contributed by atoms with van der Waals surface area (Å²) in [5.74, 6) is -0.570. The molecule has 3 aromatic rings. The quantitative estimate of drug-likeness (QED) is 0.447. The van der Waals surface area contributed by atoms with E-state index in [1.165, 1.54) is 46.8 Å². The van der Waals surface area contributed by atoms with E-state index >= 15 is 0 Å². The van der Waals surface area contributed by atoms with Crippen LogP contribution in [0.25, 0.3) is 0 Å². The molecular weight excluding hydrogens is 538 g/mol. The molecule has 1 amide bonds. The van der Waals surface area contributed by atoms with E-state index in [9.17, 15) is 21.6 Å². The summed E-state index contributed by atoms with van der Waals surface area (Å²) in [6, 6.07) is 15.2. The summed E-state index contributed by atoms with van der Waals surface area (Å²) in [6.07, 6.45) is 0. The molecule has 9 nitrogen and oxygen atoms in total. The lowest BCUT2D eigenvalue weighted by Crippen LogP contribution is -2.40. The molecule has 0 saturated carbocycles. The number of sulfonamides is 2. The maximum atomic E-state index is 13.0. The summed E-state index contributed by atoms with van der Waals surface area (Å²) in [5, 5.41) is 2.67. The van der Waals surface area contributed by atoms with E-state index in [0.29, 0.717) is 11.4 Å². The third kappa shape index (κ3) is 5.97. The number of para-hydroxylation sites is 1. The molecule has 1 aliphatic rings. The Balaban J connectivity index is 1.51. The van der Waals surface area contributed by atoms with Crippen molar-refractivity contribution in [1.29, 1.82) is 0 Å². The van der Waals surface area contributed by atoms with Gasteiger partial charge in [-0.2, -0.15) is 4.31 Å². The number of hydrogen-bond acceptors (Lipinski definition) is 6. The van der Waals surface area contributed by atoms with Crippen molar-refractivity contribution in [3.63, 3.8) is 0 Å². The molecule has 0 aliphatic carbocycles. The third-order valence-electron chi connectivity index (χ3n) is 5.92. The van der Waals surface area contributed by atoms with Gasteiger partial charge < -0.3 is 10.1 Å². The van der Waals surface area contributed by atoms with Gasteiger partial charge in [0, 0.05) is 24.3 Å². The van der Waals surface area contributed by atoms with Crippen molar-refractivity contribution in [2.75, 3.05) is 36.3 Å². The maximum Gasteiger partial charge on any atom is 0.261 e. The Morgan fingerprint density at radius 1 is 0.919 bits per heavy atom. The van der Waals surface area contributed by atoms with Gasteiger partial charge in [-0.1, -0.05) is 29.8 Å². The zero-order chi connectivity index (χ0) is 26.8. The number of anilines is 2. The summed E-state index contributed by atoms with van der Waals surface area (Å²) < 4.78 is 60.9. The van der Waals surface area contributed by atoms with E-state index in [0.717, 1.165) is 11.1 Å². The molecule has 0 radical (unpaired) electrons. The zero-order valence-corrected chi connectivity index (χ0v) is 22.6. The van der Waals surface area contributed by atoms with Crippen molar-refractivity contribution >= 4 is 48.9 Å². The highest BCUT2D eigenvalue weighted by molar-refractivity contribution is 7.92. The highest BCUT2D eigenvalue weighted by Gasteiger charge is 2.29. The van der Waals surface area contributed by atoms with Crippen LogP contribution in [0.5, 0.6) is 0 Å². The minimum atomic E-state index is -3.91. The number of aryl methyl sites for hydroxylation is 2. The SMILES string of the molecule is Cc1cccc(C)c1NS(=O)(=O)c1ccc(NC(=O)c2ccc(Cl)c(S(=O)(=O)N3CCOCC3)c2)cc1. The van der Waals surface area contributed by atoms with Crippen molar-refractivity contribution in [2.45, 2.75) is 23.6 Å². The second-order valence-electron chi connectivity index (χ2n) is 8.51. The number of ether oxygens (including phenoxy) is 1. The van der Waals surface area contributed by atoms with E-state index in [1.54, 1.807) is 0 Å². The number of nitrogens with zero attached hydrogens (tertiary/aromatic N) is 1. The van der Waals surface area contributed by atoms with E-state index in [2.05, 4.69) is 10.0 Å². The minimum Gasteiger partial charge on any atom is -0.379 e. The molecule has 1 saturated heterocycles. The first-order valence-corrected chi connectivity index (χ1v) is 14.7. The van der Waals surface area contributed by atoms with Crippen LogP contribution in [-0.4, -0.2) is 53.4 Å². The number of benzene rings is 3. The Morgan fingerprint density at radius 2 is 1.54 bits per heavy atom. The fourth-order valence-corrected chi connectivity index (χ4v) is 6.97. The van der Waals surface area contributed by atoms with E-state index in [1.807, 2.05) is 32.0 Å². The lowest BCUT2D eigenvalue weighted by Gasteiger charge is -2.26. The molecule has 0 atom stereocenters. The average molecular weight is 564 g/mol. The topological polar surface area (TPSA) is 122 Å². The lowest BCUT2D eigenvalue weighted by molar-refractivity contribution is 0.0730. The molecule has 12 heteroatoms. The number of carbonyl (C=O) groups excluding carboxylic acids is 1. The largest absolute Gasteiger partial charge is 0.379 e. The number of nitrogens with one attached hydrogen (secondary N) is 2. The van der Waals surface area contributed by atoms with Gasteiger partial charge in [0.2, 0.25) is 10.0 Å². The summed E-state index contributed by atoms with van der Waals surface area (Å²) in [4.78, 5) is 12.7. The molecule has 37 heavy (non-hydrogen) atoms. The van der Waals surface area contributed by atoms with Gasteiger partial charge in [-0.3, -0.25) is 9.52 Å². The number of amides is 1. The van der Waals surface area contributed by atoms with Gasteiger partial charge in [0.1, 0.15) is 4.90 Å². The van der Waals surface area contributed by atoms with E-state index < -0.39 is 26.0 Å². The summed E-state index contributed by atoms with van der Waals surface area (Å²) in [7, 11) is -7.76. The van der Waals surface area contributed by atoms with Gasteiger partial charge in [-0.05, 0) is 67.4 Å². The minimum absolute atomic E-state index is 0.00832.